The summed E-state index contributed by atoms with van der Waals surface area (Å²) in [6, 6.07) is 8.53. The Morgan fingerprint density at radius 3 is 2.64 bits per heavy atom. The molecule has 2 atom stereocenters. The Bertz CT molecular complexity index is 1020. The average molecular weight is 499 g/mol. The second-order valence-electron chi connectivity index (χ2n) is 9.93. The van der Waals surface area contributed by atoms with E-state index in [1.165, 1.54) is 32.4 Å². The van der Waals surface area contributed by atoms with Crippen LogP contribution in [-0.2, 0) is 19.0 Å². The lowest BCUT2D eigenvalue weighted by molar-refractivity contribution is -0.157. The van der Waals surface area contributed by atoms with Gasteiger partial charge in [0, 0.05) is 42.4 Å². The maximum Gasteiger partial charge on any atom is 0.288 e. The van der Waals surface area contributed by atoms with Gasteiger partial charge in [-0.2, -0.15) is 0 Å². The normalized spacial score (nSPS) is 24.0. The summed E-state index contributed by atoms with van der Waals surface area (Å²) >= 11 is 0. The molecule has 5 rings (SSSR count). The van der Waals surface area contributed by atoms with Gasteiger partial charge in [0.15, 0.2) is 5.76 Å². The number of rotatable bonds is 9. The largest absolute Gasteiger partial charge is 0.464 e. The minimum atomic E-state index is -0.559. The number of hydrogen-bond acceptors (Lipinski definition) is 7. The molecule has 1 amide bonds. The van der Waals surface area contributed by atoms with Crippen LogP contribution < -0.4 is 0 Å². The number of aliphatic hydroxyl groups is 1. The van der Waals surface area contributed by atoms with E-state index >= 15 is 0 Å². The molecule has 0 saturated carbocycles. The van der Waals surface area contributed by atoms with E-state index in [4.69, 9.17) is 23.7 Å². The smallest absolute Gasteiger partial charge is 0.288 e. The quantitative estimate of drug-likeness (QED) is 0.529. The maximum atomic E-state index is 13.6. The van der Waals surface area contributed by atoms with Crippen LogP contribution in [0.1, 0.15) is 50.0 Å². The van der Waals surface area contributed by atoms with Crippen molar-refractivity contribution in [2.24, 2.45) is 0 Å². The lowest BCUT2D eigenvalue weighted by atomic mass is 9.92. The molecule has 2 saturated heterocycles. The Balaban J connectivity index is 1.27. The highest BCUT2D eigenvalue weighted by Gasteiger charge is 2.34. The molecule has 4 heterocycles. The highest BCUT2D eigenvalue weighted by molar-refractivity contribution is 5.92. The molecule has 0 spiro atoms. The Kier molecular flexibility index (Phi) is 8.59. The van der Waals surface area contributed by atoms with Crippen molar-refractivity contribution in [1.29, 1.82) is 0 Å². The van der Waals surface area contributed by atoms with Gasteiger partial charge in [0.25, 0.3) is 5.91 Å². The number of carbonyl (C=O) groups is 1. The molecule has 0 aliphatic carbocycles. The second-order valence-corrected chi connectivity index (χ2v) is 9.93. The van der Waals surface area contributed by atoms with Gasteiger partial charge in [-0.1, -0.05) is 24.6 Å². The number of allylic oxidation sites excluding steroid dienone is 1. The number of benzene rings is 1. The summed E-state index contributed by atoms with van der Waals surface area (Å²) in [5.41, 5.74) is 1.86. The third-order valence-corrected chi connectivity index (χ3v) is 7.60. The highest BCUT2D eigenvalue weighted by atomic mass is 16.7. The fourth-order valence-electron chi connectivity index (χ4n) is 5.69. The Labute approximate surface area is 212 Å². The van der Waals surface area contributed by atoms with Crippen LogP contribution in [0.15, 0.2) is 46.8 Å². The zero-order valence-corrected chi connectivity index (χ0v) is 21.0. The van der Waals surface area contributed by atoms with Gasteiger partial charge in [-0.3, -0.25) is 4.79 Å². The van der Waals surface area contributed by atoms with Crippen molar-refractivity contribution in [3.63, 3.8) is 0 Å². The molecule has 2 unspecified atom stereocenters. The van der Waals surface area contributed by atoms with Gasteiger partial charge in [0.2, 0.25) is 6.29 Å². The van der Waals surface area contributed by atoms with E-state index < -0.39 is 6.29 Å². The van der Waals surface area contributed by atoms with Crippen LogP contribution in [-0.4, -0.2) is 85.8 Å². The van der Waals surface area contributed by atoms with Gasteiger partial charge in [-0.25, -0.2) is 0 Å². The Morgan fingerprint density at radius 1 is 1.03 bits per heavy atom. The summed E-state index contributed by atoms with van der Waals surface area (Å²) in [7, 11) is 0. The van der Waals surface area contributed by atoms with Crippen LogP contribution >= 0.6 is 0 Å². The van der Waals surface area contributed by atoms with Crippen molar-refractivity contribution in [3.8, 4) is 0 Å². The fourth-order valence-corrected chi connectivity index (χ4v) is 5.69. The first-order chi connectivity index (χ1) is 17.7. The van der Waals surface area contributed by atoms with Crippen LogP contribution in [0.25, 0.3) is 11.0 Å². The predicted octanol–water partition coefficient (Wildman–Crippen LogP) is 3.65. The summed E-state index contributed by atoms with van der Waals surface area (Å²) in [4.78, 5) is 18.1. The number of hydrogen-bond donors (Lipinski definition) is 1. The number of aliphatic hydroxyl groups excluding tert-OH is 1. The molecule has 3 aliphatic heterocycles. The first-order valence-corrected chi connectivity index (χ1v) is 13.4. The average Bonchev–Trinajstić information content (AvgIpc) is 3.37. The van der Waals surface area contributed by atoms with Gasteiger partial charge >= 0.3 is 0 Å². The van der Waals surface area contributed by atoms with Crippen molar-refractivity contribution in [3.05, 3.63) is 47.9 Å². The number of furan rings is 1. The first-order valence-electron chi connectivity index (χ1n) is 13.4. The van der Waals surface area contributed by atoms with E-state index in [2.05, 4.69) is 4.90 Å². The number of likely N-dealkylation sites (tertiary alicyclic amines) is 2. The van der Waals surface area contributed by atoms with Gasteiger partial charge in [0.05, 0.1) is 32.7 Å². The third kappa shape index (κ3) is 5.94. The van der Waals surface area contributed by atoms with Gasteiger partial charge in [0.1, 0.15) is 5.58 Å². The molecule has 3 aliphatic rings. The Morgan fingerprint density at radius 2 is 1.83 bits per heavy atom. The topological polar surface area (TPSA) is 84.6 Å². The van der Waals surface area contributed by atoms with E-state index in [1.54, 1.807) is 6.26 Å². The summed E-state index contributed by atoms with van der Waals surface area (Å²) in [5, 5.41) is 9.94. The molecule has 1 aromatic carbocycles. The molecule has 2 fully saturated rings. The molecule has 1 N–H and O–H groups in total. The number of ether oxygens (including phenoxy) is 3. The number of nitrogens with zero attached hydrogens (tertiary/aromatic N) is 2. The molecule has 8 heteroatoms. The number of fused-ring (bicyclic) bond motifs is 1. The van der Waals surface area contributed by atoms with Crippen molar-refractivity contribution >= 4 is 16.9 Å². The van der Waals surface area contributed by atoms with Gasteiger partial charge in [-0.15, -0.1) is 0 Å². The van der Waals surface area contributed by atoms with E-state index in [1.807, 2.05) is 35.2 Å². The monoisotopic (exact) mass is 498 g/mol. The maximum absolute atomic E-state index is 13.6. The van der Waals surface area contributed by atoms with Crippen LogP contribution in [0.2, 0.25) is 0 Å². The minimum absolute atomic E-state index is 0.0224. The SMILES string of the molecule is O=C(C1=CC(c2coc3ccccc23)CC(OCCOCCO)O1)N1CCC(N2CCCCC2)CC1. The second kappa shape index (κ2) is 12.2. The van der Waals surface area contributed by atoms with Crippen molar-refractivity contribution in [2.45, 2.75) is 56.8 Å². The van der Waals surface area contributed by atoms with Gasteiger partial charge < -0.3 is 33.5 Å². The molecular formula is C28H38N2O6. The third-order valence-electron chi connectivity index (χ3n) is 7.60. The number of amides is 1. The molecule has 0 bridgehead atoms. The van der Waals surface area contributed by atoms with Crippen molar-refractivity contribution in [2.75, 3.05) is 52.6 Å². The van der Waals surface area contributed by atoms with Crippen LogP contribution in [0.4, 0.5) is 0 Å². The minimum Gasteiger partial charge on any atom is -0.464 e. The lowest BCUT2D eigenvalue weighted by Crippen LogP contribution is -2.49. The van der Waals surface area contributed by atoms with Crippen LogP contribution in [0, 0.1) is 0 Å². The lowest BCUT2D eigenvalue weighted by Gasteiger charge is -2.40. The predicted molar refractivity (Wildman–Crippen MR) is 135 cm³/mol. The molecule has 2 aromatic rings. The molecule has 1 aromatic heterocycles. The molecule has 196 valence electrons. The molecular weight excluding hydrogens is 460 g/mol. The fraction of sp³-hybridized carbons (Fsp3) is 0.607. The zero-order valence-electron chi connectivity index (χ0n) is 21.0. The summed E-state index contributed by atoms with van der Waals surface area (Å²) in [6.07, 6.45) is 9.68. The van der Waals surface area contributed by atoms with E-state index in [9.17, 15) is 4.79 Å². The summed E-state index contributed by atoms with van der Waals surface area (Å²) < 4.78 is 23.2. The summed E-state index contributed by atoms with van der Waals surface area (Å²) in [5.74, 6) is 0.236. The van der Waals surface area contributed by atoms with Gasteiger partial charge in [-0.05, 0) is 50.9 Å². The zero-order chi connectivity index (χ0) is 24.7. The van der Waals surface area contributed by atoms with Crippen LogP contribution in [0.3, 0.4) is 0 Å². The van der Waals surface area contributed by atoms with Crippen molar-refractivity contribution < 1.29 is 28.5 Å². The first kappa shape index (κ1) is 25.3. The van der Waals surface area contributed by atoms with Crippen LogP contribution in [0.5, 0.6) is 0 Å². The van der Waals surface area contributed by atoms with Crippen molar-refractivity contribution in [1.82, 2.24) is 9.80 Å². The Hall–Kier alpha value is -2.39. The van der Waals surface area contributed by atoms with E-state index in [0.29, 0.717) is 31.4 Å². The summed E-state index contributed by atoms with van der Waals surface area (Å²) in [6.45, 7) is 4.81. The standard InChI is InChI=1S/C28H38N2O6/c31-14-15-33-16-17-34-27-19-21(24-20-35-25-7-3-2-6-23(24)25)18-26(36-27)28(32)30-12-8-22(9-13-30)29-10-4-1-5-11-29/h2-3,6-7,18,20-22,27,31H,1,4-5,8-17,19H2. The number of piperidine rings is 2. The van der Waals surface area contributed by atoms with E-state index in [0.717, 1.165) is 42.5 Å². The molecule has 8 nitrogen and oxygen atoms in total. The molecule has 0 radical (unpaired) electrons. The molecule has 36 heavy (non-hydrogen) atoms. The number of para-hydroxylation sites is 1. The highest BCUT2D eigenvalue weighted by Crippen LogP contribution is 2.37. The number of carbonyl (C=O) groups excluding carboxylic acids is 1. The van der Waals surface area contributed by atoms with E-state index in [-0.39, 0.29) is 25.0 Å².